The van der Waals surface area contributed by atoms with Gasteiger partial charge in [-0.05, 0) is 39.0 Å². The molecule has 18 heavy (non-hydrogen) atoms. The van der Waals surface area contributed by atoms with Gasteiger partial charge in [0.2, 0.25) is 11.6 Å². The van der Waals surface area contributed by atoms with E-state index in [1.165, 1.54) is 19.3 Å². The topological polar surface area (TPSA) is 51.4 Å². The molecule has 0 amide bonds. The molecular formula is C14H20O4. The summed E-state index contributed by atoms with van der Waals surface area (Å²) in [6, 6.07) is 0. The van der Waals surface area contributed by atoms with Crippen LogP contribution in [0.15, 0.2) is 0 Å². The van der Waals surface area contributed by atoms with E-state index in [1.807, 2.05) is 6.92 Å². The minimum atomic E-state index is -0.409. The Morgan fingerprint density at radius 1 is 1.11 bits per heavy atom. The van der Waals surface area contributed by atoms with Crippen molar-refractivity contribution in [3.05, 3.63) is 0 Å². The molecular weight excluding hydrogens is 232 g/mol. The van der Waals surface area contributed by atoms with Gasteiger partial charge in [-0.2, -0.15) is 0 Å². The second-order valence-corrected chi connectivity index (χ2v) is 6.61. The Morgan fingerprint density at radius 3 is 2.50 bits per heavy atom. The second-order valence-electron chi connectivity index (χ2n) is 6.61. The fraction of sp³-hybridized carbons (Fsp3) is 0.929. The molecule has 1 unspecified atom stereocenters. The summed E-state index contributed by atoms with van der Waals surface area (Å²) in [4.78, 5) is 12.4. The minimum Gasteiger partial charge on any atom is -0.462 e. The van der Waals surface area contributed by atoms with Crippen molar-refractivity contribution in [2.45, 2.75) is 76.0 Å². The van der Waals surface area contributed by atoms with Gasteiger partial charge in [-0.15, -0.1) is 0 Å². The molecule has 0 aromatic heterocycles. The lowest BCUT2D eigenvalue weighted by molar-refractivity contribution is -0.165. The normalized spacial score (nSPS) is 50.1. The minimum absolute atomic E-state index is 0.0385. The van der Waals surface area contributed by atoms with Gasteiger partial charge in [0.15, 0.2) is 0 Å². The number of carbonyl (C=O) groups is 1. The van der Waals surface area contributed by atoms with E-state index in [1.54, 1.807) is 0 Å². The Morgan fingerprint density at radius 2 is 1.83 bits per heavy atom. The summed E-state index contributed by atoms with van der Waals surface area (Å²) < 4.78 is 16.8. The van der Waals surface area contributed by atoms with E-state index in [-0.39, 0.29) is 17.9 Å². The Bertz CT molecular complexity index is 393. The molecule has 4 fully saturated rings. The molecule has 4 nitrogen and oxygen atoms in total. The molecule has 0 aromatic rings. The van der Waals surface area contributed by atoms with Crippen LogP contribution in [-0.2, 0) is 19.0 Å². The Labute approximate surface area is 107 Å². The SMILES string of the molecule is CC1(C(=O)OC2CCCCC2)CCC23OC2(C1)O3. The third-order valence-corrected chi connectivity index (χ3v) is 5.10. The largest absolute Gasteiger partial charge is 0.462 e. The molecule has 4 rings (SSSR count). The maximum atomic E-state index is 12.4. The van der Waals surface area contributed by atoms with Crippen molar-refractivity contribution in [2.75, 3.05) is 0 Å². The number of hydrogen-bond acceptors (Lipinski definition) is 4. The predicted octanol–water partition coefficient (Wildman–Crippen LogP) is 2.51. The molecule has 2 aliphatic carbocycles. The van der Waals surface area contributed by atoms with E-state index in [0.717, 1.165) is 25.7 Å². The van der Waals surface area contributed by atoms with E-state index >= 15 is 0 Å². The zero-order valence-electron chi connectivity index (χ0n) is 10.9. The van der Waals surface area contributed by atoms with Crippen LogP contribution in [0.3, 0.4) is 0 Å². The summed E-state index contributed by atoms with van der Waals surface area (Å²) in [5.41, 5.74) is -0.409. The Hall–Kier alpha value is -0.610. The summed E-state index contributed by atoms with van der Waals surface area (Å²) in [6.07, 6.45) is 8.19. The van der Waals surface area contributed by atoms with E-state index in [0.29, 0.717) is 6.42 Å². The molecule has 4 aliphatic rings. The number of esters is 1. The fourth-order valence-corrected chi connectivity index (χ4v) is 3.68. The van der Waals surface area contributed by atoms with Crippen molar-refractivity contribution in [1.82, 2.24) is 0 Å². The van der Waals surface area contributed by atoms with Crippen LogP contribution in [0.25, 0.3) is 0 Å². The number of carbonyl (C=O) groups excluding carboxylic acids is 1. The van der Waals surface area contributed by atoms with Gasteiger partial charge in [-0.25, -0.2) is 0 Å². The summed E-state index contributed by atoms with van der Waals surface area (Å²) in [6.45, 7) is 2.00. The highest BCUT2D eigenvalue weighted by Gasteiger charge is 2.93. The van der Waals surface area contributed by atoms with E-state index < -0.39 is 11.2 Å². The third kappa shape index (κ3) is 1.42. The van der Waals surface area contributed by atoms with Gasteiger partial charge in [-0.3, -0.25) is 4.79 Å². The summed E-state index contributed by atoms with van der Waals surface area (Å²) >= 11 is 0. The predicted molar refractivity (Wildman–Crippen MR) is 62.6 cm³/mol. The van der Waals surface area contributed by atoms with Gasteiger partial charge in [0.25, 0.3) is 0 Å². The molecule has 2 saturated heterocycles. The molecule has 2 heterocycles. The van der Waals surface area contributed by atoms with Gasteiger partial charge in [0.05, 0.1) is 5.41 Å². The van der Waals surface area contributed by atoms with Crippen molar-refractivity contribution < 1.29 is 19.0 Å². The zero-order chi connectivity index (χ0) is 12.4. The maximum Gasteiger partial charge on any atom is 0.312 e. The lowest BCUT2D eigenvalue weighted by Crippen LogP contribution is -2.37. The first-order valence-corrected chi connectivity index (χ1v) is 7.19. The first-order valence-electron chi connectivity index (χ1n) is 7.19. The molecule has 2 aliphatic heterocycles. The van der Waals surface area contributed by atoms with Gasteiger partial charge in [-0.1, -0.05) is 6.42 Å². The van der Waals surface area contributed by atoms with Crippen molar-refractivity contribution in [1.29, 1.82) is 0 Å². The van der Waals surface area contributed by atoms with Crippen LogP contribution in [0.4, 0.5) is 0 Å². The van der Waals surface area contributed by atoms with Crippen LogP contribution in [-0.4, -0.2) is 23.6 Å². The highest BCUT2D eigenvalue weighted by Crippen LogP contribution is 2.76. The van der Waals surface area contributed by atoms with Crippen molar-refractivity contribution in [2.24, 2.45) is 5.41 Å². The van der Waals surface area contributed by atoms with Crippen molar-refractivity contribution in [3.8, 4) is 0 Å². The summed E-state index contributed by atoms with van der Waals surface area (Å²) in [5.74, 6) is -0.716. The lowest BCUT2D eigenvalue weighted by atomic mass is 9.76. The molecule has 100 valence electrons. The third-order valence-electron chi connectivity index (χ3n) is 5.10. The molecule has 0 aromatic carbocycles. The number of hydrogen-bond donors (Lipinski definition) is 0. The quantitative estimate of drug-likeness (QED) is 0.559. The molecule has 0 radical (unpaired) electrons. The van der Waals surface area contributed by atoms with Gasteiger partial charge in [0.1, 0.15) is 6.10 Å². The average molecular weight is 252 g/mol. The number of rotatable bonds is 2. The average Bonchev–Trinajstić information content (AvgIpc) is 3.16. The smallest absolute Gasteiger partial charge is 0.312 e. The van der Waals surface area contributed by atoms with Crippen LogP contribution in [0.1, 0.15) is 58.3 Å². The summed E-state index contributed by atoms with van der Waals surface area (Å²) in [5, 5.41) is 0. The van der Waals surface area contributed by atoms with Crippen LogP contribution in [0, 0.1) is 5.41 Å². The van der Waals surface area contributed by atoms with Gasteiger partial charge < -0.3 is 14.2 Å². The molecule has 0 bridgehead atoms. The first kappa shape index (κ1) is 11.2. The van der Waals surface area contributed by atoms with E-state index in [9.17, 15) is 4.79 Å². The molecule has 2 saturated carbocycles. The highest BCUT2D eigenvalue weighted by atomic mass is 17.0. The Balaban J connectivity index is 1.41. The van der Waals surface area contributed by atoms with Crippen LogP contribution in [0.5, 0.6) is 0 Å². The summed E-state index contributed by atoms with van der Waals surface area (Å²) in [7, 11) is 0. The van der Waals surface area contributed by atoms with Crippen LogP contribution >= 0.6 is 0 Å². The second kappa shape index (κ2) is 3.28. The first-order chi connectivity index (χ1) is 8.58. The highest BCUT2D eigenvalue weighted by molar-refractivity contribution is 5.77. The standard InChI is InChI=1S/C14H20O4/c1-12(7-8-13-14(9-12,17-13)18-13)11(15)16-10-5-3-2-4-6-10/h10H,2-9H2,1H3. The monoisotopic (exact) mass is 252 g/mol. The zero-order valence-corrected chi connectivity index (χ0v) is 10.9. The number of epoxide rings is 2. The molecule has 1 atom stereocenters. The maximum absolute atomic E-state index is 12.4. The van der Waals surface area contributed by atoms with Crippen molar-refractivity contribution >= 4 is 5.97 Å². The van der Waals surface area contributed by atoms with E-state index in [4.69, 9.17) is 14.2 Å². The number of ether oxygens (including phenoxy) is 3. The van der Waals surface area contributed by atoms with Crippen molar-refractivity contribution in [3.63, 3.8) is 0 Å². The molecule has 0 N–H and O–H groups in total. The molecule has 0 spiro atoms. The van der Waals surface area contributed by atoms with Gasteiger partial charge >= 0.3 is 5.97 Å². The fourth-order valence-electron chi connectivity index (χ4n) is 3.68. The van der Waals surface area contributed by atoms with Crippen LogP contribution in [0.2, 0.25) is 0 Å². The van der Waals surface area contributed by atoms with Gasteiger partial charge in [0, 0.05) is 12.8 Å². The molecule has 4 heteroatoms. The lowest BCUT2D eigenvalue weighted by Gasteiger charge is -2.31. The Kier molecular flexibility index (Phi) is 2.05. The van der Waals surface area contributed by atoms with Crippen LogP contribution < -0.4 is 0 Å². The van der Waals surface area contributed by atoms with E-state index in [2.05, 4.69) is 0 Å².